The van der Waals surface area contributed by atoms with E-state index in [4.69, 9.17) is 0 Å². The molecule has 0 spiro atoms. The van der Waals surface area contributed by atoms with Crippen LogP contribution in [0.3, 0.4) is 0 Å². The number of alkyl halides is 20. The van der Waals surface area contributed by atoms with Crippen LogP contribution in [0.15, 0.2) is 0 Å². The third kappa shape index (κ3) is 5.09. The second-order valence-corrected chi connectivity index (χ2v) is 5.69. The summed E-state index contributed by atoms with van der Waals surface area (Å²) in [5.74, 6) is -36.4. The Bertz CT molecular complexity index is 776. The van der Waals surface area contributed by atoms with Gasteiger partial charge in [-0.1, -0.05) is 0 Å². The molecule has 0 aromatic rings. The van der Waals surface area contributed by atoms with Crippen molar-refractivity contribution in [3.63, 3.8) is 0 Å². The Kier molecular flexibility index (Phi) is 7.71. The molecule has 0 aromatic carbocycles. The third-order valence-corrected chi connectivity index (χ3v) is 3.24. The summed E-state index contributed by atoms with van der Waals surface area (Å²) in [6.07, 6.45) is -37.6. The van der Waals surface area contributed by atoms with E-state index in [2.05, 4.69) is 0 Å². The molecule has 0 amide bonds. The van der Waals surface area contributed by atoms with Gasteiger partial charge in [-0.25, -0.2) is 14.0 Å². The summed E-state index contributed by atoms with van der Waals surface area (Å²) >= 11 is 0. The van der Waals surface area contributed by atoms with Crippen molar-refractivity contribution in [1.82, 2.24) is 0 Å². The van der Waals surface area contributed by atoms with E-state index in [1.54, 1.807) is 0 Å². The first-order valence-electron chi connectivity index (χ1n) is 7.00. The van der Waals surface area contributed by atoms with Crippen molar-refractivity contribution in [1.29, 1.82) is 0 Å². The quantitative estimate of drug-likeness (QED) is 0.227. The number of ether oxygens (including phenoxy) is 2. The standard InChI is InChI=1S/C11F20O4/c12-3(1(32)34-10(28,29)8(22,23)24,2(33)35-11(30,31)9(25,26)27)4(13,14)5(15,16)6(17,18)7(19,20)21. The molecule has 0 unspecified atom stereocenters. The average molecular weight is 576 g/mol. The van der Waals surface area contributed by atoms with E-state index in [0.29, 0.717) is 0 Å². The number of esters is 2. The van der Waals surface area contributed by atoms with Crippen molar-refractivity contribution < 1.29 is 107 Å². The van der Waals surface area contributed by atoms with E-state index < -0.39 is 66.1 Å². The largest absolute Gasteiger partial charge is 0.501 e. The minimum atomic E-state index is -8.70. The Labute approximate surface area is 174 Å². The zero-order chi connectivity index (χ0) is 29.1. The summed E-state index contributed by atoms with van der Waals surface area (Å²) < 4.78 is 256. The first-order chi connectivity index (χ1) is 14.8. The molecule has 0 fully saturated rings. The topological polar surface area (TPSA) is 52.6 Å². The minimum Gasteiger partial charge on any atom is -0.391 e. The van der Waals surface area contributed by atoms with Gasteiger partial charge in [0, 0.05) is 0 Å². The molecule has 0 heterocycles. The molecule has 0 saturated carbocycles. The Morgan fingerprint density at radius 3 is 0.829 bits per heavy atom. The molecule has 208 valence electrons. The first-order valence-corrected chi connectivity index (χ1v) is 7.00. The van der Waals surface area contributed by atoms with Gasteiger partial charge in [-0.3, -0.25) is 0 Å². The lowest BCUT2D eigenvalue weighted by atomic mass is 9.88. The van der Waals surface area contributed by atoms with E-state index in [-0.39, 0.29) is 0 Å². The van der Waals surface area contributed by atoms with Crippen molar-refractivity contribution in [2.24, 2.45) is 0 Å². The van der Waals surface area contributed by atoms with E-state index >= 15 is 0 Å². The summed E-state index contributed by atoms with van der Waals surface area (Å²) in [4.78, 5) is 22.1. The molecule has 0 saturated heterocycles. The second-order valence-electron chi connectivity index (χ2n) is 5.69. The number of carbonyl (C=O) groups is 2. The molecular weight excluding hydrogens is 576 g/mol. The zero-order valence-electron chi connectivity index (χ0n) is 14.7. The summed E-state index contributed by atoms with van der Waals surface area (Å²) in [7, 11) is 0. The molecule has 0 aliphatic carbocycles. The number of rotatable bonds is 7. The molecule has 35 heavy (non-hydrogen) atoms. The molecule has 24 heteroatoms. The van der Waals surface area contributed by atoms with Gasteiger partial charge in [-0.15, -0.1) is 0 Å². The van der Waals surface area contributed by atoms with Crippen LogP contribution in [0.1, 0.15) is 0 Å². The maximum Gasteiger partial charge on any atom is 0.501 e. The highest BCUT2D eigenvalue weighted by atomic mass is 19.4. The van der Waals surface area contributed by atoms with Gasteiger partial charge >= 0.3 is 66.1 Å². The van der Waals surface area contributed by atoms with Crippen LogP contribution in [-0.4, -0.2) is 66.1 Å². The van der Waals surface area contributed by atoms with Gasteiger partial charge in [0.25, 0.3) is 0 Å². The molecule has 0 atom stereocenters. The fraction of sp³-hybridized carbons (Fsp3) is 0.818. The van der Waals surface area contributed by atoms with Gasteiger partial charge in [0.15, 0.2) is 0 Å². The fourth-order valence-electron chi connectivity index (χ4n) is 1.42. The van der Waals surface area contributed by atoms with Crippen molar-refractivity contribution >= 4 is 11.9 Å². The van der Waals surface area contributed by atoms with Crippen LogP contribution in [0.4, 0.5) is 87.8 Å². The SMILES string of the molecule is O=C(OC(F)(F)C(F)(F)F)C(F)(C(=O)OC(F)(F)C(F)(F)F)C(F)(F)C(F)(F)C(F)(F)C(F)(F)F. The Morgan fingerprint density at radius 1 is 0.371 bits per heavy atom. The van der Waals surface area contributed by atoms with Crippen molar-refractivity contribution in [3.8, 4) is 0 Å². The molecule has 4 nitrogen and oxygen atoms in total. The number of hydrogen-bond acceptors (Lipinski definition) is 4. The Hall–Kier alpha value is -2.46. The van der Waals surface area contributed by atoms with Gasteiger partial charge in [0.05, 0.1) is 0 Å². The summed E-state index contributed by atoms with van der Waals surface area (Å²) in [6, 6.07) is 0. The number of halogens is 20. The Morgan fingerprint density at radius 2 is 0.629 bits per heavy atom. The van der Waals surface area contributed by atoms with Gasteiger partial charge in [-0.2, -0.15) is 83.4 Å². The maximum absolute atomic E-state index is 14.3. The van der Waals surface area contributed by atoms with Gasteiger partial charge < -0.3 is 9.47 Å². The van der Waals surface area contributed by atoms with Crippen molar-refractivity contribution in [3.05, 3.63) is 0 Å². The zero-order valence-corrected chi connectivity index (χ0v) is 14.7. The minimum absolute atomic E-state index is 1.53. The highest BCUT2D eigenvalue weighted by Crippen LogP contribution is 2.58. The third-order valence-electron chi connectivity index (χ3n) is 3.24. The maximum atomic E-state index is 14.3. The number of carbonyl (C=O) groups excluding carboxylic acids is 2. The normalized spacial score (nSPS) is 15.7. The van der Waals surface area contributed by atoms with Crippen LogP contribution in [0.25, 0.3) is 0 Å². The monoisotopic (exact) mass is 576 g/mol. The molecule has 0 bridgehead atoms. The van der Waals surface area contributed by atoms with Crippen LogP contribution in [-0.2, 0) is 19.1 Å². The van der Waals surface area contributed by atoms with Crippen molar-refractivity contribution in [2.45, 2.75) is 54.2 Å². The van der Waals surface area contributed by atoms with Gasteiger partial charge in [-0.05, 0) is 0 Å². The summed E-state index contributed by atoms with van der Waals surface area (Å²) in [6.45, 7) is 0. The van der Waals surface area contributed by atoms with Gasteiger partial charge in [0.1, 0.15) is 0 Å². The lowest BCUT2D eigenvalue weighted by molar-refractivity contribution is -0.416. The van der Waals surface area contributed by atoms with E-state index in [9.17, 15) is 97.4 Å². The molecule has 0 aliphatic heterocycles. The van der Waals surface area contributed by atoms with Crippen LogP contribution < -0.4 is 0 Å². The molecule has 0 aromatic heterocycles. The van der Waals surface area contributed by atoms with Gasteiger partial charge in [0.2, 0.25) is 0 Å². The molecule has 0 radical (unpaired) electrons. The Balaban J connectivity index is 7.16. The van der Waals surface area contributed by atoms with E-state index in [1.807, 2.05) is 0 Å². The predicted molar refractivity (Wildman–Crippen MR) is 58.9 cm³/mol. The predicted octanol–water partition coefficient (Wildman–Crippen LogP) is 5.56. The van der Waals surface area contributed by atoms with E-state index in [0.717, 1.165) is 0 Å². The molecule has 0 aliphatic rings. The molecule has 0 N–H and O–H groups in total. The van der Waals surface area contributed by atoms with E-state index in [1.165, 1.54) is 9.47 Å². The molecule has 0 rings (SSSR count). The van der Waals surface area contributed by atoms with Crippen LogP contribution >= 0.6 is 0 Å². The van der Waals surface area contributed by atoms with Crippen LogP contribution in [0.2, 0.25) is 0 Å². The second kappa shape index (κ2) is 8.30. The lowest BCUT2D eigenvalue weighted by Gasteiger charge is -2.38. The van der Waals surface area contributed by atoms with Crippen LogP contribution in [0, 0.1) is 0 Å². The fourth-order valence-corrected chi connectivity index (χ4v) is 1.42. The highest BCUT2D eigenvalue weighted by Gasteiger charge is 2.91. The average Bonchev–Trinajstić information content (AvgIpc) is 2.56. The van der Waals surface area contributed by atoms with Crippen LogP contribution in [0.5, 0.6) is 0 Å². The summed E-state index contributed by atoms with van der Waals surface area (Å²) in [5, 5.41) is 0. The first kappa shape index (κ1) is 32.5. The lowest BCUT2D eigenvalue weighted by Crippen LogP contribution is -2.72. The summed E-state index contributed by atoms with van der Waals surface area (Å²) in [5.41, 5.74) is -8.07. The highest BCUT2D eigenvalue weighted by molar-refractivity contribution is 6.05. The van der Waals surface area contributed by atoms with Crippen molar-refractivity contribution in [2.75, 3.05) is 0 Å². The molecular formula is C11F20O4. The number of hydrogen-bond donors (Lipinski definition) is 0. The smallest absolute Gasteiger partial charge is 0.391 e.